The first-order valence-corrected chi connectivity index (χ1v) is 14.0. The number of aliphatic hydroxyl groups is 1. The van der Waals surface area contributed by atoms with Gasteiger partial charge < -0.3 is 19.7 Å². The number of fused-ring (bicyclic) bond motifs is 2. The van der Waals surface area contributed by atoms with Crippen molar-refractivity contribution in [3.63, 3.8) is 0 Å². The van der Waals surface area contributed by atoms with Gasteiger partial charge in [-0.1, -0.05) is 12.1 Å². The fourth-order valence-electron chi connectivity index (χ4n) is 5.97. The highest BCUT2D eigenvalue weighted by atomic mass is 16.5. The molecule has 0 bridgehead atoms. The van der Waals surface area contributed by atoms with Crippen LogP contribution in [-0.4, -0.2) is 84.5 Å². The molecule has 1 saturated carbocycles. The lowest BCUT2D eigenvalue weighted by atomic mass is 9.83. The van der Waals surface area contributed by atoms with Gasteiger partial charge in [0.15, 0.2) is 17.0 Å². The summed E-state index contributed by atoms with van der Waals surface area (Å²) in [6, 6.07) is 8.25. The van der Waals surface area contributed by atoms with Crippen molar-refractivity contribution < 1.29 is 9.84 Å². The van der Waals surface area contributed by atoms with Crippen molar-refractivity contribution in [2.24, 2.45) is 5.92 Å². The van der Waals surface area contributed by atoms with Crippen LogP contribution in [0.5, 0.6) is 0 Å². The Hall–Kier alpha value is -3.08. The smallest absolute Gasteiger partial charge is 0.239 e. The van der Waals surface area contributed by atoms with Crippen LogP contribution in [-0.2, 0) is 11.3 Å². The molecule has 2 aliphatic heterocycles. The molecule has 3 fully saturated rings. The van der Waals surface area contributed by atoms with E-state index in [1.165, 1.54) is 0 Å². The van der Waals surface area contributed by atoms with Gasteiger partial charge >= 0.3 is 0 Å². The minimum atomic E-state index is -0.624. The molecule has 1 aliphatic carbocycles. The molecule has 5 heterocycles. The van der Waals surface area contributed by atoms with E-state index in [0.29, 0.717) is 31.0 Å². The SMILES string of the molecule is CC(C)(O)C1CCN(Cc2nc3c(N4CCOCC4)nc(-n4c(C5CC5)nc5ccccc54)nc3[nH]2)CC1. The number of rotatable bonds is 6. The third-order valence-corrected chi connectivity index (χ3v) is 8.36. The average molecular weight is 517 g/mol. The molecule has 0 unspecified atom stereocenters. The van der Waals surface area contributed by atoms with Gasteiger partial charge in [-0.05, 0) is 70.7 Å². The average Bonchev–Trinajstić information content (AvgIpc) is 3.57. The molecule has 0 atom stereocenters. The lowest BCUT2D eigenvalue weighted by Crippen LogP contribution is -2.41. The third kappa shape index (κ3) is 4.44. The second-order valence-electron chi connectivity index (χ2n) is 11.6. The minimum Gasteiger partial charge on any atom is -0.390 e. The molecule has 10 heteroatoms. The summed E-state index contributed by atoms with van der Waals surface area (Å²) in [5.74, 6) is 4.25. The number of hydrogen-bond acceptors (Lipinski definition) is 8. The fraction of sp³-hybridized carbons (Fsp3) is 0.571. The molecule has 3 aromatic heterocycles. The zero-order valence-corrected chi connectivity index (χ0v) is 22.2. The largest absolute Gasteiger partial charge is 0.390 e. The predicted molar refractivity (Wildman–Crippen MR) is 146 cm³/mol. The highest BCUT2D eigenvalue weighted by Gasteiger charge is 2.33. The summed E-state index contributed by atoms with van der Waals surface area (Å²) in [5.41, 5.74) is 2.97. The number of aromatic nitrogens is 6. The number of likely N-dealkylation sites (tertiary alicyclic amines) is 1. The Bertz CT molecular complexity index is 1450. The Morgan fingerprint density at radius 2 is 1.74 bits per heavy atom. The summed E-state index contributed by atoms with van der Waals surface area (Å²) in [6.07, 6.45) is 4.29. The fourth-order valence-corrected chi connectivity index (χ4v) is 5.97. The number of nitrogens with one attached hydrogen (secondary N) is 1. The molecular weight excluding hydrogens is 480 g/mol. The first kappa shape index (κ1) is 24.0. The van der Waals surface area contributed by atoms with Crippen LogP contribution in [0.2, 0.25) is 0 Å². The number of morpholine rings is 1. The van der Waals surface area contributed by atoms with Crippen molar-refractivity contribution in [3.8, 4) is 5.95 Å². The number of piperidine rings is 1. The summed E-state index contributed by atoms with van der Waals surface area (Å²) in [6.45, 7) is 9.38. The molecular formula is C28H36N8O2. The molecule has 4 aromatic rings. The van der Waals surface area contributed by atoms with Gasteiger partial charge in [0.25, 0.3) is 0 Å². The van der Waals surface area contributed by atoms with E-state index in [1.54, 1.807) is 0 Å². The van der Waals surface area contributed by atoms with Gasteiger partial charge in [-0.3, -0.25) is 9.47 Å². The molecule has 10 nitrogen and oxygen atoms in total. The number of hydrogen-bond donors (Lipinski definition) is 2. The molecule has 0 spiro atoms. The molecule has 38 heavy (non-hydrogen) atoms. The lowest BCUT2D eigenvalue weighted by Gasteiger charge is -2.37. The van der Waals surface area contributed by atoms with E-state index in [9.17, 15) is 5.11 Å². The van der Waals surface area contributed by atoms with Crippen LogP contribution in [0.1, 0.15) is 57.1 Å². The molecule has 200 valence electrons. The van der Waals surface area contributed by atoms with Crippen molar-refractivity contribution in [1.82, 2.24) is 34.4 Å². The van der Waals surface area contributed by atoms with Gasteiger partial charge in [0.05, 0.1) is 36.4 Å². The summed E-state index contributed by atoms with van der Waals surface area (Å²) in [5, 5.41) is 10.4. The monoisotopic (exact) mass is 516 g/mol. The van der Waals surface area contributed by atoms with Crippen LogP contribution in [0, 0.1) is 5.92 Å². The highest BCUT2D eigenvalue weighted by Crippen LogP contribution is 2.41. The number of anilines is 1. The number of para-hydroxylation sites is 2. The zero-order chi connectivity index (χ0) is 25.9. The summed E-state index contributed by atoms with van der Waals surface area (Å²) < 4.78 is 7.79. The highest BCUT2D eigenvalue weighted by molar-refractivity contribution is 5.85. The normalized spacial score (nSPS) is 20.1. The first-order valence-electron chi connectivity index (χ1n) is 14.0. The summed E-state index contributed by atoms with van der Waals surface area (Å²) in [7, 11) is 0. The number of H-pyrrole nitrogens is 1. The Balaban J connectivity index is 1.27. The zero-order valence-electron chi connectivity index (χ0n) is 22.2. The van der Waals surface area contributed by atoms with Crippen molar-refractivity contribution in [2.75, 3.05) is 44.3 Å². The second kappa shape index (κ2) is 9.29. The third-order valence-electron chi connectivity index (χ3n) is 8.36. The number of imidazole rings is 2. The van der Waals surface area contributed by atoms with Crippen molar-refractivity contribution in [1.29, 1.82) is 0 Å². The Morgan fingerprint density at radius 1 is 0.974 bits per heavy atom. The van der Waals surface area contributed by atoms with Crippen LogP contribution in [0.25, 0.3) is 28.1 Å². The molecule has 3 aliphatic rings. The van der Waals surface area contributed by atoms with E-state index in [0.717, 1.165) is 98.1 Å². The van der Waals surface area contributed by atoms with Crippen LogP contribution in [0.4, 0.5) is 5.82 Å². The molecule has 2 saturated heterocycles. The first-order chi connectivity index (χ1) is 18.4. The maximum Gasteiger partial charge on any atom is 0.239 e. The molecule has 0 radical (unpaired) electrons. The van der Waals surface area contributed by atoms with E-state index in [-0.39, 0.29) is 0 Å². The van der Waals surface area contributed by atoms with Gasteiger partial charge in [-0.2, -0.15) is 9.97 Å². The number of ether oxygens (including phenoxy) is 1. The quantitative estimate of drug-likeness (QED) is 0.402. The van der Waals surface area contributed by atoms with E-state index in [2.05, 4.69) is 31.5 Å². The van der Waals surface area contributed by atoms with Crippen molar-refractivity contribution in [2.45, 2.75) is 57.6 Å². The maximum absolute atomic E-state index is 10.4. The lowest BCUT2D eigenvalue weighted by molar-refractivity contribution is -0.0138. The number of benzene rings is 1. The van der Waals surface area contributed by atoms with E-state index in [4.69, 9.17) is 24.7 Å². The van der Waals surface area contributed by atoms with Gasteiger partial charge in [-0.15, -0.1) is 0 Å². The Labute approximate surface area is 222 Å². The number of aromatic amines is 1. The Morgan fingerprint density at radius 3 is 2.47 bits per heavy atom. The van der Waals surface area contributed by atoms with Gasteiger partial charge in [0, 0.05) is 19.0 Å². The van der Waals surface area contributed by atoms with E-state index in [1.807, 2.05) is 26.0 Å². The molecule has 0 amide bonds. The van der Waals surface area contributed by atoms with Crippen LogP contribution < -0.4 is 4.90 Å². The maximum atomic E-state index is 10.4. The number of nitrogens with zero attached hydrogens (tertiary/aromatic N) is 7. The van der Waals surface area contributed by atoms with Gasteiger partial charge in [0.2, 0.25) is 5.95 Å². The van der Waals surface area contributed by atoms with Gasteiger partial charge in [0.1, 0.15) is 11.6 Å². The molecule has 2 N–H and O–H groups in total. The summed E-state index contributed by atoms with van der Waals surface area (Å²) >= 11 is 0. The van der Waals surface area contributed by atoms with Crippen molar-refractivity contribution >= 4 is 28.0 Å². The second-order valence-corrected chi connectivity index (χ2v) is 11.6. The predicted octanol–water partition coefficient (Wildman–Crippen LogP) is 3.39. The van der Waals surface area contributed by atoms with E-state index >= 15 is 0 Å². The van der Waals surface area contributed by atoms with Crippen LogP contribution >= 0.6 is 0 Å². The molecule has 7 rings (SSSR count). The summed E-state index contributed by atoms with van der Waals surface area (Å²) in [4.78, 5) is 28.4. The van der Waals surface area contributed by atoms with Gasteiger partial charge in [-0.25, -0.2) is 9.97 Å². The topological polar surface area (TPSA) is 108 Å². The van der Waals surface area contributed by atoms with E-state index < -0.39 is 5.60 Å². The Kier molecular flexibility index (Phi) is 5.86. The van der Waals surface area contributed by atoms with Crippen molar-refractivity contribution in [3.05, 3.63) is 35.9 Å². The van der Waals surface area contributed by atoms with Crippen LogP contribution in [0.3, 0.4) is 0 Å². The standard InChI is InChI=1S/C28H36N8O2/c1-28(2,37)19-9-11-34(12-10-19)17-22-30-23-24(31-22)32-27(33-26(23)35-13-15-38-16-14-35)36-21-6-4-3-5-20(21)29-25(36)18-7-8-18/h3-6,18-19,37H,7-17H2,1-2H3,(H,30,31,32,33). The van der Waals surface area contributed by atoms with Crippen LogP contribution in [0.15, 0.2) is 24.3 Å². The minimum absolute atomic E-state index is 0.335. The molecule has 1 aromatic carbocycles.